The highest BCUT2D eigenvalue weighted by Crippen LogP contribution is 2.37. The van der Waals surface area contributed by atoms with Crippen LogP contribution in [0.2, 0.25) is 0 Å². The topological polar surface area (TPSA) is 64.4 Å². The monoisotopic (exact) mass is 304 g/mol. The van der Waals surface area contributed by atoms with Gasteiger partial charge in [-0.25, -0.2) is 0 Å². The van der Waals surface area contributed by atoms with Crippen molar-refractivity contribution in [3.8, 4) is 5.75 Å². The van der Waals surface area contributed by atoms with Crippen LogP contribution in [-0.2, 0) is 11.0 Å². The third-order valence-electron chi connectivity index (χ3n) is 3.19. The minimum Gasteiger partial charge on any atom is -0.497 e. The molecule has 1 aromatic rings. The molecule has 3 N–H and O–H groups in total. The predicted molar refractivity (Wildman–Crippen MR) is 74.1 cm³/mol. The Bertz CT molecular complexity index is 486. The van der Waals surface area contributed by atoms with E-state index in [1.165, 1.54) is 19.2 Å². The Labute approximate surface area is 121 Å². The van der Waals surface area contributed by atoms with Gasteiger partial charge in [-0.05, 0) is 30.7 Å². The summed E-state index contributed by atoms with van der Waals surface area (Å²) in [6, 6.07) is 3.41. The highest BCUT2D eigenvalue weighted by Gasteiger charge is 2.34. The van der Waals surface area contributed by atoms with Gasteiger partial charge in [0.25, 0.3) is 0 Å². The maximum absolute atomic E-state index is 13.0. The normalized spacial score (nSPS) is 12.9. The average Bonchev–Trinajstić information content (AvgIpc) is 2.44. The molecule has 0 aliphatic rings. The highest BCUT2D eigenvalue weighted by molar-refractivity contribution is 5.91. The average molecular weight is 304 g/mol. The number of methoxy groups -OCH3 is 1. The Kier molecular flexibility index (Phi) is 6.02. The number of benzene rings is 1. The maximum Gasteiger partial charge on any atom is 0.418 e. The van der Waals surface area contributed by atoms with Crippen LogP contribution in [0.1, 0.15) is 25.3 Å². The van der Waals surface area contributed by atoms with Crippen LogP contribution in [0.3, 0.4) is 0 Å². The first-order chi connectivity index (χ1) is 9.81. The minimum atomic E-state index is -4.57. The quantitative estimate of drug-likeness (QED) is 0.849. The molecule has 0 heterocycles. The van der Waals surface area contributed by atoms with E-state index in [-0.39, 0.29) is 23.8 Å². The molecule has 118 valence electrons. The lowest BCUT2D eigenvalue weighted by molar-refractivity contribution is -0.137. The summed E-state index contributed by atoms with van der Waals surface area (Å²) in [5, 5.41) is 2.30. The van der Waals surface area contributed by atoms with Crippen molar-refractivity contribution in [2.75, 3.05) is 19.0 Å². The first-order valence-corrected chi connectivity index (χ1v) is 6.57. The molecular formula is C14H19F3N2O2. The second-order valence-corrected chi connectivity index (χ2v) is 4.67. The number of rotatable bonds is 6. The number of nitrogens with one attached hydrogen (secondary N) is 1. The van der Waals surface area contributed by atoms with Gasteiger partial charge in [-0.15, -0.1) is 0 Å². The molecule has 1 aromatic carbocycles. The Hall–Kier alpha value is -1.76. The summed E-state index contributed by atoms with van der Waals surface area (Å²) < 4.78 is 43.7. The second-order valence-electron chi connectivity index (χ2n) is 4.67. The number of amides is 1. The summed E-state index contributed by atoms with van der Waals surface area (Å²) in [5.74, 6) is -0.450. The molecule has 0 saturated heterocycles. The number of hydrogen-bond acceptors (Lipinski definition) is 3. The number of alkyl halides is 3. The van der Waals surface area contributed by atoms with Crippen molar-refractivity contribution in [2.24, 2.45) is 11.7 Å². The number of anilines is 1. The number of hydrogen-bond donors (Lipinski definition) is 2. The van der Waals surface area contributed by atoms with E-state index < -0.39 is 17.6 Å². The lowest BCUT2D eigenvalue weighted by atomic mass is 10.0. The van der Waals surface area contributed by atoms with Crippen LogP contribution in [-0.4, -0.2) is 19.6 Å². The largest absolute Gasteiger partial charge is 0.497 e. The van der Waals surface area contributed by atoms with Gasteiger partial charge in [0.1, 0.15) is 5.75 Å². The van der Waals surface area contributed by atoms with Gasteiger partial charge in [0.15, 0.2) is 0 Å². The smallest absolute Gasteiger partial charge is 0.418 e. The molecule has 1 amide bonds. The van der Waals surface area contributed by atoms with Crippen LogP contribution in [0.4, 0.5) is 18.9 Å². The molecule has 0 aliphatic heterocycles. The summed E-state index contributed by atoms with van der Waals surface area (Å²) >= 11 is 0. The second kappa shape index (κ2) is 7.31. The molecular weight excluding hydrogens is 285 g/mol. The van der Waals surface area contributed by atoms with E-state index >= 15 is 0 Å². The molecule has 0 aliphatic carbocycles. The molecule has 0 aromatic heterocycles. The van der Waals surface area contributed by atoms with Crippen LogP contribution >= 0.6 is 0 Å². The zero-order chi connectivity index (χ0) is 16.0. The van der Waals surface area contributed by atoms with Crippen molar-refractivity contribution in [1.82, 2.24) is 0 Å². The van der Waals surface area contributed by atoms with Crippen LogP contribution in [0.15, 0.2) is 18.2 Å². The third kappa shape index (κ3) is 4.93. The molecule has 1 rings (SSSR count). The number of carbonyl (C=O) groups excluding carboxylic acids is 1. The molecule has 0 radical (unpaired) electrons. The zero-order valence-electron chi connectivity index (χ0n) is 12.0. The van der Waals surface area contributed by atoms with Crippen LogP contribution in [0.5, 0.6) is 5.75 Å². The molecule has 1 atom stereocenters. The van der Waals surface area contributed by atoms with Crippen LogP contribution < -0.4 is 15.8 Å². The highest BCUT2D eigenvalue weighted by atomic mass is 19.4. The molecule has 7 heteroatoms. The van der Waals surface area contributed by atoms with Crippen molar-refractivity contribution in [3.05, 3.63) is 23.8 Å². The van der Waals surface area contributed by atoms with E-state index in [4.69, 9.17) is 10.5 Å². The van der Waals surface area contributed by atoms with Gasteiger partial charge in [-0.2, -0.15) is 13.2 Å². The summed E-state index contributed by atoms with van der Waals surface area (Å²) in [5.41, 5.74) is 4.27. The van der Waals surface area contributed by atoms with E-state index in [1.807, 2.05) is 6.92 Å². The van der Waals surface area contributed by atoms with Crippen molar-refractivity contribution in [1.29, 1.82) is 0 Å². The molecule has 0 fully saturated rings. The van der Waals surface area contributed by atoms with Crippen LogP contribution in [0, 0.1) is 5.92 Å². The van der Waals surface area contributed by atoms with Crippen molar-refractivity contribution >= 4 is 11.6 Å². The maximum atomic E-state index is 13.0. The Morgan fingerprint density at radius 1 is 1.43 bits per heavy atom. The molecule has 0 spiro atoms. The van der Waals surface area contributed by atoms with Gasteiger partial charge < -0.3 is 15.8 Å². The van der Waals surface area contributed by atoms with Gasteiger partial charge in [-0.1, -0.05) is 13.3 Å². The van der Waals surface area contributed by atoms with Crippen LogP contribution in [0.25, 0.3) is 0 Å². The lowest BCUT2D eigenvalue weighted by Gasteiger charge is -2.16. The first-order valence-electron chi connectivity index (χ1n) is 6.57. The number of halogens is 3. The minimum absolute atomic E-state index is 0.0439. The third-order valence-corrected chi connectivity index (χ3v) is 3.19. The predicted octanol–water partition coefficient (Wildman–Crippen LogP) is 3.03. The van der Waals surface area contributed by atoms with Gasteiger partial charge in [0, 0.05) is 6.42 Å². The Morgan fingerprint density at radius 2 is 2.10 bits per heavy atom. The molecule has 4 nitrogen and oxygen atoms in total. The number of nitrogens with two attached hydrogens (primary N) is 1. The lowest BCUT2D eigenvalue weighted by Crippen LogP contribution is -2.23. The fourth-order valence-corrected chi connectivity index (χ4v) is 1.85. The van der Waals surface area contributed by atoms with Crippen molar-refractivity contribution < 1.29 is 22.7 Å². The summed E-state index contributed by atoms with van der Waals surface area (Å²) in [7, 11) is 1.28. The van der Waals surface area contributed by atoms with Crippen molar-refractivity contribution in [3.63, 3.8) is 0 Å². The van der Waals surface area contributed by atoms with E-state index in [9.17, 15) is 18.0 Å². The van der Waals surface area contributed by atoms with Gasteiger partial charge in [0.05, 0.1) is 18.4 Å². The van der Waals surface area contributed by atoms with Crippen molar-refractivity contribution in [2.45, 2.75) is 25.9 Å². The SMILES string of the molecule is CCC(CN)CC(=O)Nc1ccc(OC)cc1C(F)(F)F. The molecule has 0 bridgehead atoms. The van der Waals surface area contributed by atoms with E-state index in [0.717, 1.165) is 6.07 Å². The zero-order valence-corrected chi connectivity index (χ0v) is 12.0. The Morgan fingerprint density at radius 3 is 2.57 bits per heavy atom. The van der Waals surface area contributed by atoms with E-state index in [2.05, 4.69) is 5.32 Å². The standard InChI is InChI=1S/C14H19F3N2O2/c1-3-9(8-18)6-13(20)19-12-5-4-10(21-2)7-11(12)14(15,16)17/h4-5,7,9H,3,6,8,18H2,1-2H3,(H,19,20). The summed E-state index contributed by atoms with van der Waals surface area (Å²) in [6.45, 7) is 2.19. The van der Waals surface area contributed by atoms with E-state index in [1.54, 1.807) is 0 Å². The van der Waals surface area contributed by atoms with Gasteiger partial charge >= 0.3 is 6.18 Å². The summed E-state index contributed by atoms with van der Waals surface area (Å²) in [6.07, 6.45) is -3.79. The van der Waals surface area contributed by atoms with Gasteiger partial charge in [0.2, 0.25) is 5.91 Å². The number of carbonyl (C=O) groups is 1. The Balaban J connectivity index is 2.95. The fraction of sp³-hybridized carbons (Fsp3) is 0.500. The molecule has 21 heavy (non-hydrogen) atoms. The first kappa shape index (κ1) is 17.3. The van der Waals surface area contributed by atoms with E-state index in [0.29, 0.717) is 13.0 Å². The molecule has 1 unspecified atom stereocenters. The van der Waals surface area contributed by atoms with Gasteiger partial charge in [-0.3, -0.25) is 4.79 Å². The summed E-state index contributed by atoms with van der Waals surface area (Å²) in [4.78, 5) is 11.8. The number of ether oxygens (including phenoxy) is 1. The fourth-order valence-electron chi connectivity index (χ4n) is 1.85. The molecule has 0 saturated carbocycles.